The van der Waals surface area contributed by atoms with Crippen molar-refractivity contribution in [2.75, 3.05) is 11.9 Å². The molecule has 0 aliphatic carbocycles. The molecule has 1 amide bonds. The molecule has 1 aliphatic heterocycles. The maximum absolute atomic E-state index is 12.1. The summed E-state index contributed by atoms with van der Waals surface area (Å²) in [6.07, 6.45) is 4.16. The summed E-state index contributed by atoms with van der Waals surface area (Å²) in [4.78, 5) is 24.7. The van der Waals surface area contributed by atoms with Crippen molar-refractivity contribution in [2.24, 2.45) is 0 Å². The van der Waals surface area contributed by atoms with Gasteiger partial charge in [-0.3, -0.25) is 15.0 Å². The first kappa shape index (κ1) is 18.0. The summed E-state index contributed by atoms with van der Waals surface area (Å²) in [5, 5.41) is 6.47. The molecule has 0 radical (unpaired) electrons. The average Bonchev–Trinajstić information content (AvgIpc) is 3.26. The number of benzene rings is 1. The molecular formula is C20H20N4OS2. The Labute approximate surface area is 166 Å². The molecule has 1 aromatic carbocycles. The number of nitrogens with zero attached hydrogens (tertiary/aromatic N) is 3. The summed E-state index contributed by atoms with van der Waals surface area (Å²) in [6.45, 7) is 4.76. The summed E-state index contributed by atoms with van der Waals surface area (Å²) in [6, 6.07) is 10.5. The van der Waals surface area contributed by atoms with E-state index in [1.807, 2.05) is 18.4 Å². The largest absolute Gasteiger partial charge is 0.298 e. The molecule has 4 rings (SSSR count). The van der Waals surface area contributed by atoms with Crippen LogP contribution < -0.4 is 5.32 Å². The Morgan fingerprint density at radius 1 is 1.30 bits per heavy atom. The fourth-order valence-electron chi connectivity index (χ4n) is 3.04. The number of thiazole rings is 2. The topological polar surface area (TPSA) is 58.1 Å². The van der Waals surface area contributed by atoms with E-state index in [4.69, 9.17) is 0 Å². The van der Waals surface area contributed by atoms with E-state index in [9.17, 15) is 4.79 Å². The van der Waals surface area contributed by atoms with Gasteiger partial charge >= 0.3 is 0 Å². The second-order valence-electron chi connectivity index (χ2n) is 6.45. The maximum atomic E-state index is 12.1. The van der Waals surface area contributed by atoms with Gasteiger partial charge in [0.05, 0.1) is 16.4 Å². The van der Waals surface area contributed by atoms with Crippen LogP contribution in [0.4, 0.5) is 5.13 Å². The molecule has 3 aromatic rings. The van der Waals surface area contributed by atoms with Crippen molar-refractivity contribution >= 4 is 39.8 Å². The molecule has 138 valence electrons. The van der Waals surface area contributed by atoms with Gasteiger partial charge < -0.3 is 0 Å². The number of carbonyl (C=O) groups is 1. The van der Waals surface area contributed by atoms with Crippen LogP contribution in [0.15, 0.2) is 41.8 Å². The number of aromatic nitrogens is 2. The Balaban J connectivity index is 1.36. The normalized spacial score (nSPS) is 14.4. The lowest BCUT2D eigenvalue weighted by Gasteiger charge is -2.25. The van der Waals surface area contributed by atoms with E-state index in [0.29, 0.717) is 5.13 Å². The number of carbonyl (C=O) groups excluding carboxylic acids is 1. The van der Waals surface area contributed by atoms with E-state index < -0.39 is 0 Å². The summed E-state index contributed by atoms with van der Waals surface area (Å²) in [5.41, 5.74) is 3.24. The lowest BCUT2D eigenvalue weighted by Crippen LogP contribution is -2.29. The van der Waals surface area contributed by atoms with Crippen LogP contribution in [0, 0.1) is 6.92 Å². The molecular weight excluding hydrogens is 376 g/mol. The number of fused-ring (bicyclic) bond motifs is 1. The van der Waals surface area contributed by atoms with E-state index in [1.165, 1.54) is 16.5 Å². The second-order valence-corrected chi connectivity index (χ2v) is 8.59. The highest BCUT2D eigenvalue weighted by Gasteiger charge is 2.21. The highest BCUT2D eigenvalue weighted by molar-refractivity contribution is 7.15. The molecule has 2 aromatic heterocycles. The molecule has 0 spiro atoms. The summed E-state index contributed by atoms with van der Waals surface area (Å²) < 4.78 is 0. The number of rotatable bonds is 5. The second kappa shape index (κ2) is 8.12. The third kappa shape index (κ3) is 4.68. The standard InChI is InChI=1S/C20H20N4OS2/c1-14-21-16(13-26-14)7-8-19(25)23-20-22-17-9-10-24(12-18(17)27-20)11-15-5-3-2-4-6-15/h2-8,13H,9-12H2,1H3,(H,22,23,25). The quantitative estimate of drug-likeness (QED) is 0.659. The van der Waals surface area contributed by atoms with Crippen LogP contribution >= 0.6 is 22.7 Å². The minimum Gasteiger partial charge on any atom is -0.298 e. The zero-order valence-electron chi connectivity index (χ0n) is 15.0. The molecule has 0 atom stereocenters. The van der Waals surface area contributed by atoms with Gasteiger partial charge in [0.15, 0.2) is 5.13 Å². The van der Waals surface area contributed by atoms with Crippen LogP contribution in [-0.2, 0) is 24.3 Å². The van der Waals surface area contributed by atoms with Gasteiger partial charge in [-0.15, -0.1) is 22.7 Å². The number of amides is 1. The van der Waals surface area contributed by atoms with Crippen LogP contribution in [0.3, 0.4) is 0 Å². The first-order chi connectivity index (χ1) is 13.2. The van der Waals surface area contributed by atoms with E-state index in [-0.39, 0.29) is 5.91 Å². The molecule has 1 aliphatic rings. The van der Waals surface area contributed by atoms with Crippen LogP contribution in [0.25, 0.3) is 6.08 Å². The average molecular weight is 397 g/mol. The Kier molecular flexibility index (Phi) is 5.42. The lowest BCUT2D eigenvalue weighted by molar-refractivity contribution is -0.111. The van der Waals surface area contributed by atoms with Crippen LogP contribution in [0.2, 0.25) is 0 Å². The van der Waals surface area contributed by atoms with Crippen molar-refractivity contribution in [3.05, 3.63) is 68.6 Å². The lowest BCUT2D eigenvalue weighted by atomic mass is 10.1. The van der Waals surface area contributed by atoms with Crippen LogP contribution in [-0.4, -0.2) is 27.3 Å². The van der Waals surface area contributed by atoms with Gasteiger partial charge in [0, 0.05) is 42.4 Å². The van der Waals surface area contributed by atoms with E-state index in [1.54, 1.807) is 28.7 Å². The van der Waals surface area contributed by atoms with Gasteiger partial charge in [0.2, 0.25) is 5.91 Å². The molecule has 0 fully saturated rings. The first-order valence-electron chi connectivity index (χ1n) is 8.82. The molecule has 7 heteroatoms. The molecule has 3 heterocycles. The summed E-state index contributed by atoms with van der Waals surface area (Å²) >= 11 is 3.14. The van der Waals surface area contributed by atoms with E-state index in [2.05, 4.69) is 44.5 Å². The highest BCUT2D eigenvalue weighted by atomic mass is 32.1. The fraction of sp³-hybridized carbons (Fsp3) is 0.250. The SMILES string of the molecule is Cc1nc(C=CC(=O)Nc2nc3c(s2)CN(Cc2ccccc2)CC3)cs1. The van der Waals surface area contributed by atoms with Gasteiger partial charge in [-0.05, 0) is 18.6 Å². The van der Waals surface area contributed by atoms with Crippen molar-refractivity contribution in [1.29, 1.82) is 0 Å². The van der Waals surface area contributed by atoms with E-state index in [0.717, 1.165) is 42.5 Å². The van der Waals surface area contributed by atoms with Gasteiger partial charge in [-0.25, -0.2) is 9.97 Å². The molecule has 0 saturated carbocycles. The molecule has 27 heavy (non-hydrogen) atoms. The van der Waals surface area contributed by atoms with Gasteiger partial charge in [-0.1, -0.05) is 30.3 Å². The predicted octanol–water partition coefficient (Wildman–Crippen LogP) is 4.12. The number of hydrogen-bond acceptors (Lipinski definition) is 6. The molecule has 0 bridgehead atoms. The van der Waals surface area contributed by atoms with Crippen LogP contribution in [0.5, 0.6) is 0 Å². The number of anilines is 1. The van der Waals surface area contributed by atoms with E-state index >= 15 is 0 Å². The monoisotopic (exact) mass is 396 g/mol. The van der Waals surface area contributed by atoms with Crippen LogP contribution in [0.1, 0.15) is 26.8 Å². The number of nitrogens with one attached hydrogen (secondary N) is 1. The summed E-state index contributed by atoms with van der Waals surface area (Å²) in [5.74, 6) is -0.173. The predicted molar refractivity (Wildman–Crippen MR) is 111 cm³/mol. The first-order valence-corrected chi connectivity index (χ1v) is 10.5. The molecule has 0 saturated heterocycles. The minimum absolute atomic E-state index is 0.173. The Hall–Kier alpha value is -2.35. The molecule has 1 N–H and O–H groups in total. The Morgan fingerprint density at radius 2 is 2.15 bits per heavy atom. The van der Waals surface area contributed by atoms with Gasteiger partial charge in [0.1, 0.15) is 0 Å². The van der Waals surface area contributed by atoms with Crippen molar-refractivity contribution in [1.82, 2.24) is 14.9 Å². The zero-order valence-corrected chi connectivity index (χ0v) is 16.6. The minimum atomic E-state index is -0.173. The Morgan fingerprint density at radius 3 is 2.93 bits per heavy atom. The molecule has 0 unspecified atom stereocenters. The van der Waals surface area contributed by atoms with Crippen molar-refractivity contribution in [3.63, 3.8) is 0 Å². The smallest absolute Gasteiger partial charge is 0.250 e. The Bertz CT molecular complexity index is 962. The third-order valence-corrected chi connectivity index (χ3v) is 6.12. The van der Waals surface area contributed by atoms with Crippen molar-refractivity contribution < 1.29 is 4.79 Å². The fourth-order valence-corrected chi connectivity index (χ4v) is 4.68. The number of hydrogen-bond donors (Lipinski definition) is 1. The zero-order chi connectivity index (χ0) is 18.6. The summed E-state index contributed by atoms with van der Waals surface area (Å²) in [7, 11) is 0. The van der Waals surface area contributed by atoms with Crippen molar-refractivity contribution in [2.45, 2.75) is 26.4 Å². The van der Waals surface area contributed by atoms with Crippen molar-refractivity contribution in [3.8, 4) is 0 Å². The number of aryl methyl sites for hydroxylation is 1. The molecule has 5 nitrogen and oxygen atoms in total. The maximum Gasteiger partial charge on any atom is 0.250 e. The van der Waals surface area contributed by atoms with Gasteiger partial charge in [-0.2, -0.15) is 0 Å². The third-order valence-electron chi connectivity index (χ3n) is 4.33. The highest BCUT2D eigenvalue weighted by Crippen LogP contribution is 2.29. The van der Waals surface area contributed by atoms with Gasteiger partial charge in [0.25, 0.3) is 0 Å².